The van der Waals surface area contributed by atoms with Gasteiger partial charge in [-0.3, -0.25) is 4.68 Å². The number of aromatic nitrogens is 2. The fraction of sp³-hybridized carbons (Fsp3) is 0.800. The van der Waals surface area contributed by atoms with Crippen molar-refractivity contribution in [3.8, 4) is 0 Å². The standard InChI is InChI=1S/C15H22ClN3/c1-7(2)19-15(10(16)6-18-19)14(17)13-11-8-3-4-9(5-8)12(11)13/h6-9,11-14H,3-5,17H2,1-2H3. The van der Waals surface area contributed by atoms with Crippen LogP contribution in [0.15, 0.2) is 6.20 Å². The van der Waals surface area contributed by atoms with Crippen molar-refractivity contribution >= 4 is 11.6 Å². The van der Waals surface area contributed by atoms with Gasteiger partial charge in [-0.2, -0.15) is 5.10 Å². The Balaban J connectivity index is 1.62. The fourth-order valence-electron chi connectivity index (χ4n) is 5.13. The van der Waals surface area contributed by atoms with E-state index in [1.807, 2.05) is 4.68 Å². The first kappa shape index (κ1) is 12.2. The van der Waals surface area contributed by atoms with Gasteiger partial charge in [0.2, 0.25) is 0 Å². The van der Waals surface area contributed by atoms with Crippen molar-refractivity contribution in [2.45, 2.75) is 45.2 Å². The molecule has 5 atom stereocenters. The van der Waals surface area contributed by atoms with Crippen LogP contribution in [0.5, 0.6) is 0 Å². The van der Waals surface area contributed by atoms with E-state index in [9.17, 15) is 0 Å². The van der Waals surface area contributed by atoms with Crippen LogP contribution in [0.2, 0.25) is 5.02 Å². The zero-order valence-corrected chi connectivity index (χ0v) is 12.3. The molecule has 1 aromatic rings. The van der Waals surface area contributed by atoms with E-state index >= 15 is 0 Å². The molecule has 0 saturated heterocycles. The van der Waals surface area contributed by atoms with Crippen molar-refractivity contribution in [3.05, 3.63) is 16.9 Å². The topological polar surface area (TPSA) is 43.8 Å². The first-order chi connectivity index (χ1) is 9.09. The molecule has 3 saturated carbocycles. The van der Waals surface area contributed by atoms with Gasteiger partial charge in [0.25, 0.3) is 0 Å². The first-order valence-electron chi connectivity index (χ1n) is 7.58. The van der Waals surface area contributed by atoms with E-state index in [1.54, 1.807) is 6.20 Å². The minimum atomic E-state index is 0.0794. The molecule has 0 amide bonds. The van der Waals surface area contributed by atoms with Crippen molar-refractivity contribution in [2.24, 2.45) is 35.3 Å². The van der Waals surface area contributed by atoms with Crippen molar-refractivity contribution in [2.75, 3.05) is 0 Å². The van der Waals surface area contributed by atoms with Crippen molar-refractivity contribution in [3.63, 3.8) is 0 Å². The van der Waals surface area contributed by atoms with Gasteiger partial charge in [-0.25, -0.2) is 0 Å². The highest BCUT2D eigenvalue weighted by molar-refractivity contribution is 6.31. The maximum Gasteiger partial charge on any atom is 0.0834 e. The summed E-state index contributed by atoms with van der Waals surface area (Å²) in [5, 5.41) is 5.15. The van der Waals surface area contributed by atoms with Gasteiger partial charge in [0, 0.05) is 6.04 Å². The van der Waals surface area contributed by atoms with Gasteiger partial charge < -0.3 is 5.73 Å². The molecule has 5 unspecified atom stereocenters. The first-order valence-corrected chi connectivity index (χ1v) is 7.96. The molecular formula is C15H22ClN3. The Morgan fingerprint density at radius 2 is 1.95 bits per heavy atom. The molecule has 0 aromatic carbocycles. The third-order valence-electron chi connectivity index (χ3n) is 5.80. The van der Waals surface area contributed by atoms with Crippen LogP contribution in [-0.2, 0) is 0 Å². The lowest BCUT2D eigenvalue weighted by Gasteiger charge is -2.20. The molecule has 0 spiro atoms. The molecule has 0 radical (unpaired) electrons. The molecule has 4 heteroatoms. The molecular weight excluding hydrogens is 258 g/mol. The Morgan fingerprint density at radius 1 is 1.32 bits per heavy atom. The quantitative estimate of drug-likeness (QED) is 0.921. The Labute approximate surface area is 119 Å². The Hall–Kier alpha value is -0.540. The molecule has 19 heavy (non-hydrogen) atoms. The van der Waals surface area contributed by atoms with Crippen LogP contribution >= 0.6 is 11.6 Å². The lowest BCUT2D eigenvalue weighted by molar-refractivity contribution is 0.392. The normalized spacial score (nSPS) is 40.8. The summed E-state index contributed by atoms with van der Waals surface area (Å²) in [6.07, 6.45) is 6.09. The lowest BCUT2D eigenvalue weighted by Crippen LogP contribution is -2.22. The number of hydrogen-bond acceptors (Lipinski definition) is 2. The molecule has 3 aliphatic rings. The van der Waals surface area contributed by atoms with E-state index in [1.165, 1.54) is 19.3 Å². The van der Waals surface area contributed by atoms with Gasteiger partial charge in [-0.15, -0.1) is 0 Å². The predicted molar refractivity (Wildman–Crippen MR) is 75.9 cm³/mol. The van der Waals surface area contributed by atoms with E-state index < -0.39 is 0 Å². The molecule has 4 rings (SSSR count). The van der Waals surface area contributed by atoms with Crippen LogP contribution in [-0.4, -0.2) is 9.78 Å². The summed E-state index contributed by atoms with van der Waals surface area (Å²) in [7, 11) is 0. The summed E-state index contributed by atoms with van der Waals surface area (Å²) in [6.45, 7) is 4.27. The average molecular weight is 280 g/mol. The Bertz CT molecular complexity index is 493. The summed E-state index contributed by atoms with van der Waals surface area (Å²) in [4.78, 5) is 0. The van der Waals surface area contributed by atoms with Crippen LogP contribution in [0.3, 0.4) is 0 Å². The Kier molecular flexibility index (Phi) is 2.56. The summed E-state index contributed by atoms with van der Waals surface area (Å²) in [6, 6.07) is 0.402. The number of halogens is 1. The second-order valence-corrected chi connectivity index (χ2v) is 7.41. The highest BCUT2D eigenvalue weighted by Crippen LogP contribution is 2.72. The van der Waals surface area contributed by atoms with E-state index in [2.05, 4.69) is 18.9 Å². The van der Waals surface area contributed by atoms with Gasteiger partial charge in [0.05, 0.1) is 23.0 Å². The zero-order chi connectivity index (χ0) is 13.3. The molecule has 1 aromatic heterocycles. The van der Waals surface area contributed by atoms with Gasteiger partial charge in [0.15, 0.2) is 0 Å². The van der Waals surface area contributed by atoms with Gasteiger partial charge in [-0.05, 0) is 62.7 Å². The number of rotatable bonds is 3. The van der Waals surface area contributed by atoms with Crippen molar-refractivity contribution in [1.29, 1.82) is 0 Å². The van der Waals surface area contributed by atoms with E-state index in [0.29, 0.717) is 12.0 Å². The summed E-state index contributed by atoms with van der Waals surface area (Å²) < 4.78 is 2.02. The highest BCUT2D eigenvalue weighted by atomic mass is 35.5. The summed E-state index contributed by atoms with van der Waals surface area (Å²) >= 11 is 6.34. The van der Waals surface area contributed by atoms with Crippen LogP contribution in [0, 0.1) is 29.6 Å². The van der Waals surface area contributed by atoms with Crippen molar-refractivity contribution < 1.29 is 0 Å². The zero-order valence-electron chi connectivity index (χ0n) is 11.6. The van der Waals surface area contributed by atoms with Crippen LogP contribution < -0.4 is 5.73 Å². The molecule has 2 bridgehead atoms. The van der Waals surface area contributed by atoms with E-state index in [0.717, 1.165) is 34.4 Å². The van der Waals surface area contributed by atoms with Crippen LogP contribution in [0.4, 0.5) is 0 Å². The molecule has 3 nitrogen and oxygen atoms in total. The lowest BCUT2D eigenvalue weighted by atomic mass is 9.96. The molecule has 1 heterocycles. The Morgan fingerprint density at radius 3 is 2.53 bits per heavy atom. The smallest absolute Gasteiger partial charge is 0.0834 e. The third-order valence-corrected chi connectivity index (χ3v) is 6.09. The second-order valence-electron chi connectivity index (χ2n) is 7.01. The maximum absolute atomic E-state index is 6.58. The van der Waals surface area contributed by atoms with Crippen LogP contribution in [0.1, 0.15) is 50.9 Å². The SMILES string of the molecule is CC(C)n1ncc(Cl)c1C(N)C1C2C3CCC(C3)C21. The van der Waals surface area contributed by atoms with Gasteiger partial charge in [0.1, 0.15) is 0 Å². The average Bonchev–Trinajstić information content (AvgIpc) is 2.72. The summed E-state index contributed by atoms with van der Waals surface area (Å²) in [5.74, 6) is 4.36. The van der Waals surface area contributed by atoms with Gasteiger partial charge >= 0.3 is 0 Å². The number of fused-ring (bicyclic) bond motifs is 5. The predicted octanol–water partition coefficient (Wildman–Crippen LogP) is 3.41. The number of nitrogens with two attached hydrogens (primary N) is 1. The van der Waals surface area contributed by atoms with Crippen LogP contribution in [0.25, 0.3) is 0 Å². The summed E-state index contributed by atoms with van der Waals surface area (Å²) in [5.41, 5.74) is 7.65. The van der Waals surface area contributed by atoms with Gasteiger partial charge in [-0.1, -0.05) is 11.6 Å². The minimum Gasteiger partial charge on any atom is -0.322 e. The van der Waals surface area contributed by atoms with Crippen molar-refractivity contribution in [1.82, 2.24) is 9.78 Å². The fourth-order valence-corrected chi connectivity index (χ4v) is 5.39. The monoisotopic (exact) mass is 279 g/mol. The third kappa shape index (κ3) is 1.58. The highest BCUT2D eigenvalue weighted by Gasteiger charge is 2.66. The van der Waals surface area contributed by atoms with E-state index in [-0.39, 0.29) is 6.04 Å². The van der Waals surface area contributed by atoms with E-state index in [4.69, 9.17) is 17.3 Å². The number of nitrogens with zero attached hydrogens (tertiary/aromatic N) is 2. The minimum absolute atomic E-state index is 0.0794. The largest absolute Gasteiger partial charge is 0.322 e. The second kappa shape index (κ2) is 3.98. The molecule has 3 aliphatic carbocycles. The number of hydrogen-bond donors (Lipinski definition) is 1. The molecule has 2 N–H and O–H groups in total. The maximum atomic E-state index is 6.58. The molecule has 3 fully saturated rings. The molecule has 104 valence electrons. The molecule has 0 aliphatic heterocycles.